The molecule has 0 saturated heterocycles. The SMILES string of the molecule is CC(C)(CCc1ccc(CNC(=O)c2cn(Cc3ccc(Cn4ccccc4=O)cc3)nn2)cc1)OC(N)=O. The van der Waals surface area contributed by atoms with Crippen LogP contribution >= 0.6 is 0 Å². The van der Waals surface area contributed by atoms with Crippen LogP contribution in [0.5, 0.6) is 0 Å². The molecule has 0 fully saturated rings. The molecule has 0 aliphatic carbocycles. The molecule has 2 aromatic heterocycles. The van der Waals surface area contributed by atoms with E-state index in [-0.39, 0.29) is 17.2 Å². The standard InChI is InChI=1S/C29H32N6O4/c1-29(2,39-28(30)38)15-14-21-6-8-22(9-7-21)17-31-27(37)25-20-35(33-32-25)19-24-12-10-23(11-13-24)18-34-16-4-3-5-26(34)36/h3-13,16,20H,14-15,17-19H2,1-2H3,(H2,30,38)(H,31,37). The number of nitrogens with two attached hydrogens (primary N) is 1. The van der Waals surface area contributed by atoms with Crippen molar-refractivity contribution in [3.05, 3.63) is 117 Å². The van der Waals surface area contributed by atoms with Gasteiger partial charge in [-0.25, -0.2) is 9.48 Å². The van der Waals surface area contributed by atoms with Crippen LogP contribution in [0, 0.1) is 0 Å². The molecule has 0 saturated carbocycles. The molecule has 10 nitrogen and oxygen atoms in total. The van der Waals surface area contributed by atoms with Gasteiger partial charge in [0.25, 0.3) is 11.5 Å². The summed E-state index contributed by atoms with van der Waals surface area (Å²) < 4.78 is 8.39. The van der Waals surface area contributed by atoms with Crippen molar-refractivity contribution in [3.63, 3.8) is 0 Å². The second-order valence-electron chi connectivity index (χ2n) is 9.96. The molecule has 10 heteroatoms. The lowest BCUT2D eigenvalue weighted by Gasteiger charge is -2.23. The number of aryl methyl sites for hydroxylation is 1. The summed E-state index contributed by atoms with van der Waals surface area (Å²) in [5.41, 5.74) is 8.74. The Morgan fingerprint density at radius 3 is 2.23 bits per heavy atom. The minimum absolute atomic E-state index is 0.0413. The topological polar surface area (TPSA) is 134 Å². The van der Waals surface area contributed by atoms with Crippen LogP contribution in [0.1, 0.15) is 53.0 Å². The molecule has 0 aliphatic rings. The van der Waals surface area contributed by atoms with Crippen molar-refractivity contribution in [3.8, 4) is 0 Å². The number of nitrogens with zero attached hydrogens (tertiary/aromatic N) is 4. The second-order valence-corrected chi connectivity index (χ2v) is 9.96. The molecule has 0 aliphatic heterocycles. The molecule has 0 spiro atoms. The Morgan fingerprint density at radius 1 is 0.923 bits per heavy atom. The number of amides is 2. The van der Waals surface area contributed by atoms with Crippen LogP contribution in [0.25, 0.3) is 0 Å². The number of hydrogen-bond donors (Lipinski definition) is 2. The van der Waals surface area contributed by atoms with Gasteiger partial charge < -0.3 is 20.4 Å². The third-order valence-corrected chi connectivity index (χ3v) is 6.26. The Bertz CT molecular complexity index is 1470. The van der Waals surface area contributed by atoms with E-state index in [0.29, 0.717) is 26.1 Å². The van der Waals surface area contributed by atoms with Gasteiger partial charge in [-0.05, 0) is 55.0 Å². The average Bonchev–Trinajstić information content (AvgIpc) is 3.37. The smallest absolute Gasteiger partial charge is 0.405 e. The van der Waals surface area contributed by atoms with Crippen LogP contribution in [0.3, 0.4) is 0 Å². The van der Waals surface area contributed by atoms with Crippen molar-refractivity contribution in [1.29, 1.82) is 0 Å². The number of hydrogen-bond acceptors (Lipinski definition) is 6. The number of carbonyl (C=O) groups excluding carboxylic acids is 2. The summed E-state index contributed by atoms with van der Waals surface area (Å²) >= 11 is 0. The van der Waals surface area contributed by atoms with Crippen molar-refractivity contribution in [2.45, 2.75) is 51.9 Å². The van der Waals surface area contributed by atoms with E-state index in [9.17, 15) is 14.4 Å². The van der Waals surface area contributed by atoms with Gasteiger partial charge in [0.05, 0.1) is 19.3 Å². The maximum absolute atomic E-state index is 12.6. The minimum Gasteiger partial charge on any atom is -0.444 e. The Morgan fingerprint density at radius 2 is 1.56 bits per heavy atom. The molecule has 0 unspecified atom stereocenters. The summed E-state index contributed by atoms with van der Waals surface area (Å²) in [6.45, 7) is 4.97. The number of primary amides is 1. The molecule has 0 radical (unpaired) electrons. The number of ether oxygens (including phenoxy) is 1. The molecular weight excluding hydrogens is 496 g/mol. The van der Waals surface area contributed by atoms with Gasteiger partial charge in [0.15, 0.2) is 5.69 Å². The lowest BCUT2D eigenvalue weighted by atomic mass is 9.98. The van der Waals surface area contributed by atoms with E-state index in [1.54, 1.807) is 27.7 Å². The van der Waals surface area contributed by atoms with Gasteiger partial charge in [0.1, 0.15) is 5.60 Å². The van der Waals surface area contributed by atoms with E-state index >= 15 is 0 Å². The molecule has 0 atom stereocenters. The van der Waals surface area contributed by atoms with Gasteiger partial charge in [-0.15, -0.1) is 5.10 Å². The highest BCUT2D eigenvalue weighted by molar-refractivity contribution is 5.91. The average molecular weight is 529 g/mol. The maximum atomic E-state index is 12.6. The van der Waals surface area contributed by atoms with Crippen LogP contribution in [0.4, 0.5) is 4.79 Å². The Balaban J connectivity index is 1.25. The first kappa shape index (κ1) is 27.3. The lowest BCUT2D eigenvalue weighted by Crippen LogP contribution is -2.31. The van der Waals surface area contributed by atoms with E-state index < -0.39 is 11.7 Å². The van der Waals surface area contributed by atoms with Gasteiger partial charge in [-0.1, -0.05) is 59.8 Å². The Kier molecular flexibility index (Phi) is 8.55. The summed E-state index contributed by atoms with van der Waals surface area (Å²) in [6, 6.07) is 20.9. The van der Waals surface area contributed by atoms with E-state index in [1.165, 1.54) is 6.07 Å². The molecule has 4 rings (SSSR count). The number of nitrogens with one attached hydrogen (secondary N) is 1. The molecule has 4 aromatic rings. The first-order chi connectivity index (χ1) is 18.7. The van der Waals surface area contributed by atoms with Crippen molar-refractivity contribution in [1.82, 2.24) is 24.9 Å². The highest BCUT2D eigenvalue weighted by Gasteiger charge is 2.21. The van der Waals surface area contributed by atoms with Gasteiger partial charge in [-0.2, -0.15) is 0 Å². The lowest BCUT2D eigenvalue weighted by molar-refractivity contribution is 0.0394. The van der Waals surface area contributed by atoms with E-state index in [1.807, 2.05) is 68.4 Å². The van der Waals surface area contributed by atoms with Crippen LogP contribution in [0.2, 0.25) is 0 Å². The van der Waals surface area contributed by atoms with Crippen molar-refractivity contribution >= 4 is 12.0 Å². The van der Waals surface area contributed by atoms with E-state index in [0.717, 1.165) is 28.7 Å². The summed E-state index contributed by atoms with van der Waals surface area (Å²) in [6.07, 6.45) is 3.97. The maximum Gasteiger partial charge on any atom is 0.405 e. The Hall–Kier alpha value is -4.73. The third kappa shape index (κ3) is 8.13. The predicted molar refractivity (Wildman–Crippen MR) is 146 cm³/mol. The highest BCUT2D eigenvalue weighted by Crippen LogP contribution is 2.18. The summed E-state index contributed by atoms with van der Waals surface area (Å²) in [5, 5.41) is 11.0. The second kappa shape index (κ2) is 12.2. The molecule has 0 bridgehead atoms. The quantitative estimate of drug-likeness (QED) is 0.307. The number of carbonyl (C=O) groups is 2. The van der Waals surface area contributed by atoms with Gasteiger partial charge >= 0.3 is 6.09 Å². The molecule has 202 valence electrons. The Labute approximate surface area is 226 Å². The van der Waals surface area contributed by atoms with Crippen LogP contribution < -0.4 is 16.6 Å². The fraction of sp³-hybridized carbons (Fsp3) is 0.276. The minimum atomic E-state index is -0.778. The van der Waals surface area contributed by atoms with Crippen LogP contribution in [-0.2, 0) is 30.8 Å². The predicted octanol–water partition coefficient (Wildman–Crippen LogP) is 3.27. The molecule has 2 amide bonds. The first-order valence-electron chi connectivity index (χ1n) is 12.6. The van der Waals surface area contributed by atoms with Gasteiger partial charge in [-0.3, -0.25) is 9.59 Å². The van der Waals surface area contributed by atoms with Crippen molar-refractivity contribution in [2.75, 3.05) is 0 Å². The highest BCUT2D eigenvalue weighted by atomic mass is 16.6. The largest absolute Gasteiger partial charge is 0.444 e. The van der Waals surface area contributed by atoms with Gasteiger partial charge in [0.2, 0.25) is 0 Å². The third-order valence-electron chi connectivity index (χ3n) is 6.26. The summed E-state index contributed by atoms with van der Waals surface area (Å²) in [4.78, 5) is 35.5. The number of benzene rings is 2. The summed E-state index contributed by atoms with van der Waals surface area (Å²) in [5.74, 6) is -0.306. The van der Waals surface area contributed by atoms with Crippen molar-refractivity contribution in [2.24, 2.45) is 5.73 Å². The summed E-state index contributed by atoms with van der Waals surface area (Å²) in [7, 11) is 0. The van der Waals surface area contributed by atoms with Crippen molar-refractivity contribution < 1.29 is 14.3 Å². The van der Waals surface area contributed by atoms with Gasteiger partial charge in [0, 0.05) is 18.8 Å². The molecule has 3 N–H and O–H groups in total. The monoisotopic (exact) mass is 528 g/mol. The normalized spacial score (nSPS) is 11.2. The number of aromatic nitrogens is 4. The fourth-order valence-electron chi connectivity index (χ4n) is 4.07. The zero-order valence-electron chi connectivity index (χ0n) is 22.0. The number of pyridine rings is 1. The van der Waals surface area contributed by atoms with Crippen LogP contribution in [-0.4, -0.2) is 37.2 Å². The first-order valence-corrected chi connectivity index (χ1v) is 12.6. The zero-order valence-corrected chi connectivity index (χ0v) is 22.0. The zero-order chi connectivity index (χ0) is 27.8. The van der Waals surface area contributed by atoms with E-state index in [2.05, 4.69) is 15.6 Å². The molecule has 2 aromatic carbocycles. The van der Waals surface area contributed by atoms with Crippen LogP contribution in [0.15, 0.2) is 83.9 Å². The number of rotatable bonds is 11. The molecular formula is C29H32N6O4. The molecule has 39 heavy (non-hydrogen) atoms. The fourth-order valence-corrected chi connectivity index (χ4v) is 4.07. The molecule has 2 heterocycles. The van der Waals surface area contributed by atoms with E-state index in [4.69, 9.17) is 10.5 Å².